The molecule has 23 heavy (non-hydrogen) atoms. The van der Waals surface area contributed by atoms with Gasteiger partial charge in [-0.1, -0.05) is 6.08 Å². The Morgan fingerprint density at radius 1 is 1.35 bits per heavy atom. The zero-order chi connectivity index (χ0) is 16.2. The van der Waals surface area contributed by atoms with E-state index in [2.05, 4.69) is 32.0 Å². The maximum atomic E-state index is 9.70. The zero-order valence-electron chi connectivity index (χ0n) is 13.7. The van der Waals surface area contributed by atoms with Crippen molar-refractivity contribution in [1.29, 1.82) is 0 Å². The second-order valence-corrected chi connectivity index (χ2v) is 6.00. The zero-order valence-corrected chi connectivity index (χ0v) is 13.7. The average Bonchev–Trinajstić information content (AvgIpc) is 2.77. The molecule has 0 atom stereocenters. The lowest BCUT2D eigenvalue weighted by Gasteiger charge is -2.12. The van der Waals surface area contributed by atoms with Gasteiger partial charge >= 0.3 is 0 Å². The molecule has 0 spiro atoms. The molecule has 0 aromatic carbocycles. The molecular weight excluding hydrogens is 290 g/mol. The van der Waals surface area contributed by atoms with Gasteiger partial charge in [-0.05, 0) is 51.8 Å². The third-order valence-electron chi connectivity index (χ3n) is 4.40. The van der Waals surface area contributed by atoms with Crippen molar-refractivity contribution in [3.05, 3.63) is 23.2 Å². The van der Waals surface area contributed by atoms with Gasteiger partial charge in [0.05, 0.1) is 11.2 Å². The van der Waals surface area contributed by atoms with E-state index in [1.54, 1.807) is 0 Å². The SMILES string of the molecule is CNCCCCn1c(CO)nc2c(N)nc3c(c21)CCCC=C3. The molecule has 3 rings (SSSR count). The van der Waals surface area contributed by atoms with Crippen LogP contribution in [0.15, 0.2) is 6.08 Å². The molecule has 2 aromatic rings. The summed E-state index contributed by atoms with van der Waals surface area (Å²) in [5.41, 5.74) is 10.1. The van der Waals surface area contributed by atoms with Crippen LogP contribution in [0.4, 0.5) is 5.82 Å². The predicted octanol–water partition coefficient (Wildman–Crippen LogP) is 1.85. The summed E-state index contributed by atoms with van der Waals surface area (Å²) in [6, 6.07) is 0. The van der Waals surface area contributed by atoms with Crippen molar-refractivity contribution in [1.82, 2.24) is 19.9 Å². The lowest BCUT2D eigenvalue weighted by atomic mass is 10.1. The van der Waals surface area contributed by atoms with E-state index < -0.39 is 0 Å². The number of aliphatic hydroxyl groups is 1. The van der Waals surface area contributed by atoms with E-state index in [-0.39, 0.29) is 6.61 Å². The number of aryl methyl sites for hydroxylation is 2. The number of nitrogen functional groups attached to an aromatic ring is 1. The molecule has 0 saturated heterocycles. The van der Waals surface area contributed by atoms with Crippen LogP contribution in [0, 0.1) is 0 Å². The minimum atomic E-state index is -0.0786. The van der Waals surface area contributed by atoms with Crippen molar-refractivity contribution in [2.75, 3.05) is 19.3 Å². The number of fused-ring (bicyclic) bond motifs is 3. The number of nitrogens with one attached hydrogen (secondary N) is 1. The van der Waals surface area contributed by atoms with E-state index >= 15 is 0 Å². The van der Waals surface area contributed by atoms with Gasteiger partial charge in [0.25, 0.3) is 0 Å². The first kappa shape index (κ1) is 16.0. The van der Waals surface area contributed by atoms with E-state index in [0.29, 0.717) is 11.6 Å². The second-order valence-electron chi connectivity index (χ2n) is 6.00. The number of allylic oxidation sites excluding steroid dienone is 1. The fourth-order valence-corrected chi connectivity index (χ4v) is 3.26. The number of rotatable bonds is 6. The maximum absolute atomic E-state index is 9.70. The van der Waals surface area contributed by atoms with Crippen LogP contribution in [-0.4, -0.2) is 33.2 Å². The normalized spacial score (nSPS) is 14.2. The van der Waals surface area contributed by atoms with Gasteiger partial charge in [0.15, 0.2) is 5.82 Å². The summed E-state index contributed by atoms with van der Waals surface area (Å²) in [4.78, 5) is 9.08. The molecule has 2 heterocycles. The van der Waals surface area contributed by atoms with Crippen LogP contribution >= 0.6 is 0 Å². The summed E-state index contributed by atoms with van der Waals surface area (Å²) in [7, 11) is 1.96. The lowest BCUT2D eigenvalue weighted by Crippen LogP contribution is -2.11. The number of aromatic nitrogens is 3. The predicted molar refractivity (Wildman–Crippen MR) is 93.0 cm³/mol. The van der Waals surface area contributed by atoms with E-state index in [9.17, 15) is 5.11 Å². The lowest BCUT2D eigenvalue weighted by molar-refractivity contribution is 0.265. The summed E-state index contributed by atoms with van der Waals surface area (Å²) < 4.78 is 2.14. The first-order valence-corrected chi connectivity index (χ1v) is 8.35. The molecule has 4 N–H and O–H groups in total. The van der Waals surface area contributed by atoms with Gasteiger partial charge in [-0.15, -0.1) is 0 Å². The number of aliphatic hydroxyl groups excluding tert-OH is 1. The van der Waals surface area contributed by atoms with Crippen LogP contribution in [0.5, 0.6) is 0 Å². The number of pyridine rings is 1. The van der Waals surface area contributed by atoms with Gasteiger partial charge in [-0.2, -0.15) is 0 Å². The second kappa shape index (κ2) is 7.10. The van der Waals surface area contributed by atoms with Crippen LogP contribution in [0.25, 0.3) is 17.1 Å². The smallest absolute Gasteiger partial charge is 0.152 e. The van der Waals surface area contributed by atoms with Crippen LogP contribution in [0.2, 0.25) is 0 Å². The number of nitrogens with two attached hydrogens (primary N) is 1. The van der Waals surface area contributed by atoms with Crippen molar-refractivity contribution >= 4 is 22.9 Å². The van der Waals surface area contributed by atoms with Crippen LogP contribution < -0.4 is 11.1 Å². The van der Waals surface area contributed by atoms with Gasteiger partial charge in [0.2, 0.25) is 0 Å². The Kier molecular flexibility index (Phi) is 4.93. The molecule has 124 valence electrons. The van der Waals surface area contributed by atoms with Crippen LogP contribution in [-0.2, 0) is 19.6 Å². The fourth-order valence-electron chi connectivity index (χ4n) is 3.26. The molecule has 6 heteroatoms. The topological polar surface area (TPSA) is 89.0 Å². The van der Waals surface area contributed by atoms with Gasteiger partial charge in [0, 0.05) is 12.1 Å². The highest BCUT2D eigenvalue weighted by molar-refractivity contribution is 5.90. The van der Waals surface area contributed by atoms with E-state index in [0.717, 1.165) is 61.9 Å². The van der Waals surface area contributed by atoms with Crippen LogP contribution in [0.3, 0.4) is 0 Å². The van der Waals surface area contributed by atoms with Gasteiger partial charge in [0.1, 0.15) is 17.9 Å². The maximum Gasteiger partial charge on any atom is 0.152 e. The summed E-state index contributed by atoms with van der Waals surface area (Å²) >= 11 is 0. The minimum Gasteiger partial charge on any atom is -0.388 e. The van der Waals surface area contributed by atoms with Crippen molar-refractivity contribution in [2.24, 2.45) is 0 Å². The molecule has 6 nitrogen and oxygen atoms in total. The molecule has 0 aliphatic heterocycles. The third kappa shape index (κ3) is 3.09. The molecule has 0 unspecified atom stereocenters. The Balaban J connectivity index is 2.09. The monoisotopic (exact) mass is 315 g/mol. The van der Waals surface area contributed by atoms with Gasteiger partial charge in [-0.25, -0.2) is 9.97 Å². The first-order chi connectivity index (χ1) is 11.3. The Bertz CT molecular complexity index is 720. The van der Waals surface area contributed by atoms with Crippen molar-refractivity contribution < 1.29 is 5.11 Å². The average molecular weight is 315 g/mol. The molecule has 0 bridgehead atoms. The molecule has 0 amide bonds. The van der Waals surface area contributed by atoms with Crippen molar-refractivity contribution in [2.45, 2.75) is 45.3 Å². The quantitative estimate of drug-likeness (QED) is 0.708. The van der Waals surface area contributed by atoms with E-state index in [4.69, 9.17) is 5.73 Å². The highest BCUT2D eigenvalue weighted by Crippen LogP contribution is 2.30. The van der Waals surface area contributed by atoms with E-state index in [1.165, 1.54) is 5.56 Å². The van der Waals surface area contributed by atoms with Crippen molar-refractivity contribution in [3.63, 3.8) is 0 Å². The van der Waals surface area contributed by atoms with Gasteiger partial charge in [-0.3, -0.25) is 0 Å². The molecular formula is C17H25N5O. The molecule has 2 aromatic heterocycles. The van der Waals surface area contributed by atoms with Crippen LogP contribution in [0.1, 0.15) is 42.8 Å². The fraction of sp³-hybridized carbons (Fsp3) is 0.529. The Labute approximate surface area is 136 Å². The molecule has 0 radical (unpaired) electrons. The number of imidazole rings is 1. The largest absolute Gasteiger partial charge is 0.388 e. The molecule has 0 fully saturated rings. The Hall–Kier alpha value is -1.92. The summed E-state index contributed by atoms with van der Waals surface area (Å²) in [6.07, 6.45) is 9.47. The first-order valence-electron chi connectivity index (χ1n) is 8.35. The highest BCUT2D eigenvalue weighted by atomic mass is 16.3. The Morgan fingerprint density at radius 2 is 2.22 bits per heavy atom. The number of anilines is 1. The summed E-state index contributed by atoms with van der Waals surface area (Å²) in [5, 5.41) is 12.9. The summed E-state index contributed by atoms with van der Waals surface area (Å²) in [6.45, 7) is 1.75. The minimum absolute atomic E-state index is 0.0786. The summed E-state index contributed by atoms with van der Waals surface area (Å²) in [5.74, 6) is 1.13. The standard InChI is InChI=1S/C17H25N5O/c1-19-9-5-6-10-22-14(11-23)21-15-16(22)12-7-3-2-4-8-13(12)20-17(15)18/h4,8,19,23H,2-3,5-7,9-11H2,1H3,(H2,18,20). The molecule has 1 aliphatic rings. The number of hydrogen-bond donors (Lipinski definition) is 3. The molecule has 0 saturated carbocycles. The van der Waals surface area contributed by atoms with Gasteiger partial charge < -0.3 is 20.7 Å². The molecule has 1 aliphatic carbocycles. The number of nitrogens with zero attached hydrogens (tertiary/aromatic N) is 3. The van der Waals surface area contributed by atoms with Crippen molar-refractivity contribution in [3.8, 4) is 0 Å². The van der Waals surface area contributed by atoms with E-state index in [1.807, 2.05) is 7.05 Å². The third-order valence-corrected chi connectivity index (χ3v) is 4.40. The number of unbranched alkanes of at least 4 members (excludes halogenated alkanes) is 1. The number of hydrogen-bond acceptors (Lipinski definition) is 5. The highest BCUT2D eigenvalue weighted by Gasteiger charge is 2.20. The Morgan fingerprint density at radius 3 is 3.00 bits per heavy atom.